The Labute approximate surface area is 139 Å². The number of carboxylic acid groups (broad SMARTS) is 1. The van der Waals surface area contributed by atoms with Crippen molar-refractivity contribution >= 4 is 5.97 Å². The van der Waals surface area contributed by atoms with E-state index in [2.05, 4.69) is 6.92 Å². The largest absolute Gasteiger partial charge is 0.478 e. The second kappa shape index (κ2) is 12.1. The Morgan fingerprint density at radius 1 is 0.957 bits per heavy atom. The molecule has 4 heteroatoms. The van der Waals surface area contributed by atoms with E-state index in [-0.39, 0.29) is 5.56 Å². The molecular formula is C19H32FNO2. The summed E-state index contributed by atoms with van der Waals surface area (Å²) in [6, 6.07) is 1.09. The van der Waals surface area contributed by atoms with E-state index in [0.29, 0.717) is 6.54 Å². The van der Waals surface area contributed by atoms with Crippen molar-refractivity contribution < 1.29 is 14.3 Å². The fourth-order valence-corrected chi connectivity index (χ4v) is 2.89. The molecule has 1 aromatic rings. The summed E-state index contributed by atoms with van der Waals surface area (Å²) in [6.07, 6.45) is 16.6. The predicted molar refractivity (Wildman–Crippen MR) is 92.4 cm³/mol. The second-order valence-electron chi connectivity index (χ2n) is 6.44. The zero-order chi connectivity index (χ0) is 16.9. The number of hydrogen-bond donors (Lipinski definition) is 1. The van der Waals surface area contributed by atoms with Gasteiger partial charge in [-0.05, 0) is 6.42 Å². The van der Waals surface area contributed by atoms with Gasteiger partial charge in [0, 0.05) is 18.8 Å². The summed E-state index contributed by atoms with van der Waals surface area (Å²) in [4.78, 5) is 10.8. The fourth-order valence-electron chi connectivity index (χ4n) is 2.89. The molecule has 1 N–H and O–H groups in total. The third kappa shape index (κ3) is 8.77. The van der Waals surface area contributed by atoms with E-state index in [1.807, 2.05) is 0 Å². The van der Waals surface area contributed by atoms with E-state index in [4.69, 9.17) is 5.11 Å². The van der Waals surface area contributed by atoms with Gasteiger partial charge in [-0.25, -0.2) is 4.79 Å². The van der Waals surface area contributed by atoms with Crippen molar-refractivity contribution in [3.05, 3.63) is 23.8 Å². The third-order valence-corrected chi connectivity index (χ3v) is 4.34. The number of unbranched alkanes of at least 4 members (excludes halogenated alkanes) is 11. The molecule has 1 rings (SSSR count). The van der Waals surface area contributed by atoms with Gasteiger partial charge in [-0.3, -0.25) is 0 Å². The van der Waals surface area contributed by atoms with E-state index in [1.165, 1.54) is 75.0 Å². The minimum Gasteiger partial charge on any atom is -0.478 e. The third-order valence-electron chi connectivity index (χ3n) is 4.34. The van der Waals surface area contributed by atoms with Gasteiger partial charge in [0.15, 0.2) is 5.95 Å². The topological polar surface area (TPSA) is 42.2 Å². The second-order valence-corrected chi connectivity index (χ2v) is 6.44. The molecule has 0 bridgehead atoms. The first-order valence-electron chi connectivity index (χ1n) is 9.24. The molecule has 0 saturated carbocycles. The van der Waals surface area contributed by atoms with Gasteiger partial charge >= 0.3 is 5.97 Å². The molecule has 0 aliphatic heterocycles. The predicted octanol–water partition coefficient (Wildman–Crippen LogP) is 6.03. The molecule has 0 fully saturated rings. The van der Waals surface area contributed by atoms with Crippen LogP contribution in [-0.2, 0) is 6.54 Å². The lowest BCUT2D eigenvalue weighted by Gasteiger charge is -2.04. The van der Waals surface area contributed by atoms with E-state index in [1.54, 1.807) is 0 Å². The molecule has 0 radical (unpaired) electrons. The molecule has 23 heavy (non-hydrogen) atoms. The van der Waals surface area contributed by atoms with Crippen LogP contribution in [0.2, 0.25) is 0 Å². The molecule has 0 unspecified atom stereocenters. The summed E-state index contributed by atoms with van der Waals surface area (Å²) in [5.74, 6) is -1.53. The average molecular weight is 325 g/mol. The molecule has 132 valence electrons. The van der Waals surface area contributed by atoms with Crippen LogP contribution < -0.4 is 0 Å². The van der Waals surface area contributed by atoms with Crippen LogP contribution in [0.3, 0.4) is 0 Å². The van der Waals surface area contributed by atoms with Gasteiger partial charge < -0.3 is 9.67 Å². The van der Waals surface area contributed by atoms with Crippen molar-refractivity contribution in [3.63, 3.8) is 0 Å². The first-order valence-corrected chi connectivity index (χ1v) is 9.24. The van der Waals surface area contributed by atoms with Crippen LogP contribution in [0, 0.1) is 5.95 Å². The van der Waals surface area contributed by atoms with Crippen LogP contribution in [0.1, 0.15) is 94.3 Å². The van der Waals surface area contributed by atoms with Crippen molar-refractivity contribution in [1.29, 1.82) is 0 Å². The fraction of sp³-hybridized carbons (Fsp3) is 0.737. The molecular weight excluding hydrogens is 293 g/mol. The summed E-state index contributed by atoms with van der Waals surface area (Å²) < 4.78 is 14.9. The maximum Gasteiger partial charge on any atom is 0.337 e. The first-order chi connectivity index (χ1) is 11.1. The zero-order valence-corrected chi connectivity index (χ0v) is 14.5. The molecule has 0 aromatic carbocycles. The van der Waals surface area contributed by atoms with Gasteiger partial charge in [0.25, 0.3) is 0 Å². The average Bonchev–Trinajstić information content (AvgIpc) is 2.90. The number of hydrogen-bond acceptors (Lipinski definition) is 1. The summed E-state index contributed by atoms with van der Waals surface area (Å²) in [7, 11) is 0. The number of carbonyl (C=O) groups is 1. The molecule has 0 atom stereocenters. The van der Waals surface area contributed by atoms with Crippen molar-refractivity contribution in [2.45, 2.75) is 90.5 Å². The lowest BCUT2D eigenvalue weighted by atomic mass is 10.1. The number of nitrogens with zero attached hydrogens (tertiary/aromatic N) is 1. The van der Waals surface area contributed by atoms with Crippen molar-refractivity contribution in [2.24, 2.45) is 0 Å². The van der Waals surface area contributed by atoms with Crippen LogP contribution in [0.25, 0.3) is 0 Å². The van der Waals surface area contributed by atoms with E-state index in [0.717, 1.165) is 18.9 Å². The lowest BCUT2D eigenvalue weighted by Crippen LogP contribution is -1.99. The van der Waals surface area contributed by atoms with Crippen LogP contribution in [0.5, 0.6) is 0 Å². The Hall–Kier alpha value is -1.32. The zero-order valence-electron chi connectivity index (χ0n) is 14.5. The van der Waals surface area contributed by atoms with Crippen LogP contribution in [0.4, 0.5) is 4.39 Å². The Bertz CT molecular complexity index is 443. The lowest BCUT2D eigenvalue weighted by molar-refractivity contribution is 0.0696. The van der Waals surface area contributed by atoms with E-state index in [9.17, 15) is 9.18 Å². The summed E-state index contributed by atoms with van der Waals surface area (Å²) >= 11 is 0. The number of halogens is 1. The highest BCUT2D eigenvalue weighted by molar-refractivity contribution is 5.87. The van der Waals surface area contributed by atoms with Crippen molar-refractivity contribution in [1.82, 2.24) is 4.57 Å². The minimum absolute atomic E-state index is 0.0291. The molecule has 1 heterocycles. The molecule has 1 aromatic heterocycles. The molecule has 3 nitrogen and oxygen atoms in total. The number of aromatic carboxylic acids is 1. The monoisotopic (exact) mass is 325 g/mol. The van der Waals surface area contributed by atoms with Gasteiger partial charge in [-0.1, -0.05) is 77.6 Å². The van der Waals surface area contributed by atoms with Crippen LogP contribution >= 0.6 is 0 Å². The molecule has 0 saturated heterocycles. The highest BCUT2D eigenvalue weighted by Crippen LogP contribution is 2.13. The van der Waals surface area contributed by atoms with Gasteiger partial charge in [0.05, 0.1) is 5.56 Å². The van der Waals surface area contributed by atoms with Crippen molar-refractivity contribution in [2.75, 3.05) is 0 Å². The Balaban J connectivity index is 1.95. The number of carboxylic acids is 1. The maximum absolute atomic E-state index is 13.5. The number of aromatic nitrogens is 1. The Kier molecular flexibility index (Phi) is 10.4. The number of rotatable bonds is 14. The number of aryl methyl sites for hydroxylation is 1. The normalized spacial score (nSPS) is 11.0. The molecule has 0 aliphatic rings. The highest BCUT2D eigenvalue weighted by Gasteiger charge is 2.10. The van der Waals surface area contributed by atoms with Crippen LogP contribution in [0.15, 0.2) is 12.3 Å². The quantitative estimate of drug-likeness (QED) is 0.424. The standard InChI is InChI=1S/C19H32FNO2/c1-2-3-4-5-6-7-8-9-10-11-12-13-14-21-16-17(19(22)23)15-18(21)20/h15-16H,2-14H2,1H3,(H,22,23). The van der Waals surface area contributed by atoms with Gasteiger partial charge in [-0.2, -0.15) is 4.39 Å². The smallest absolute Gasteiger partial charge is 0.337 e. The summed E-state index contributed by atoms with van der Waals surface area (Å²) in [6.45, 7) is 2.81. The Morgan fingerprint density at radius 2 is 1.43 bits per heavy atom. The minimum atomic E-state index is -1.07. The van der Waals surface area contributed by atoms with Gasteiger partial charge in [0.2, 0.25) is 0 Å². The van der Waals surface area contributed by atoms with E-state index >= 15 is 0 Å². The Morgan fingerprint density at radius 3 is 1.87 bits per heavy atom. The maximum atomic E-state index is 13.5. The van der Waals surface area contributed by atoms with Gasteiger partial charge in [0.1, 0.15) is 0 Å². The summed E-state index contributed by atoms with van der Waals surface area (Å²) in [5, 5.41) is 8.82. The SMILES string of the molecule is CCCCCCCCCCCCCCn1cc(C(=O)O)cc1F. The molecule has 0 spiro atoms. The first kappa shape index (κ1) is 19.7. The summed E-state index contributed by atoms with van der Waals surface area (Å²) in [5.41, 5.74) is 0.0291. The van der Waals surface area contributed by atoms with Crippen LogP contribution in [-0.4, -0.2) is 15.6 Å². The molecule has 0 aliphatic carbocycles. The highest BCUT2D eigenvalue weighted by atomic mass is 19.1. The molecule has 0 amide bonds. The van der Waals surface area contributed by atoms with E-state index < -0.39 is 11.9 Å². The van der Waals surface area contributed by atoms with Crippen molar-refractivity contribution in [3.8, 4) is 0 Å². The van der Waals surface area contributed by atoms with Gasteiger partial charge in [-0.15, -0.1) is 0 Å².